The first-order chi connectivity index (χ1) is 12.0. The number of esters is 1. The second-order valence-electron chi connectivity index (χ2n) is 9.10. The number of carbonyl (C=O) groups is 1. The van der Waals surface area contributed by atoms with E-state index in [1.54, 1.807) is 6.07 Å². The van der Waals surface area contributed by atoms with Crippen molar-refractivity contribution in [1.29, 1.82) is 0 Å². The van der Waals surface area contributed by atoms with Crippen molar-refractivity contribution in [1.82, 2.24) is 0 Å². The lowest BCUT2D eigenvalue weighted by atomic mass is 9.49. The highest BCUT2D eigenvalue weighted by Gasteiger charge is 2.71. The monoisotopic (exact) mass is 362 g/mol. The molecule has 26 heavy (non-hydrogen) atoms. The van der Waals surface area contributed by atoms with E-state index in [1.807, 2.05) is 27.7 Å². The van der Waals surface area contributed by atoms with Crippen molar-refractivity contribution in [2.45, 2.75) is 70.2 Å². The number of aromatic hydroxyl groups is 2. The summed E-state index contributed by atoms with van der Waals surface area (Å²) in [6, 6.07) is 1.67. The van der Waals surface area contributed by atoms with Crippen LogP contribution in [0.4, 0.5) is 0 Å². The molecule has 0 amide bonds. The second-order valence-corrected chi connectivity index (χ2v) is 9.10. The molecule has 2 fully saturated rings. The maximum Gasteiger partial charge on any atom is 0.317 e. The van der Waals surface area contributed by atoms with Crippen molar-refractivity contribution in [3.05, 3.63) is 22.8 Å². The zero-order chi connectivity index (χ0) is 19.2. The van der Waals surface area contributed by atoms with Crippen LogP contribution in [0.1, 0.15) is 69.2 Å². The maximum atomic E-state index is 13.0. The van der Waals surface area contributed by atoms with E-state index < -0.39 is 35.1 Å². The molecule has 2 bridgehead atoms. The maximum absolute atomic E-state index is 13.0. The first-order valence-electron chi connectivity index (χ1n) is 9.18. The molecular formula is C20H26O6. The van der Waals surface area contributed by atoms with Crippen LogP contribution in [0.3, 0.4) is 0 Å². The third-order valence-electron chi connectivity index (χ3n) is 6.66. The molecule has 6 heteroatoms. The summed E-state index contributed by atoms with van der Waals surface area (Å²) in [4.78, 5) is 13.0. The SMILES string of the molecule is CC(C)c1cc2c(c(O)c1O)[C@@]13C[C@@H](O)CC(C)(C)[C@@H]1[C@H](OC3=O)[C@@H]2O. The molecule has 1 aromatic carbocycles. The average molecular weight is 362 g/mol. The smallest absolute Gasteiger partial charge is 0.317 e. The fraction of sp³-hybridized carbons (Fsp3) is 0.650. The van der Waals surface area contributed by atoms with Gasteiger partial charge in [-0.1, -0.05) is 27.7 Å². The standard InChI is InChI=1S/C20H26O6/c1-8(2)10-5-11-12(15(24)13(10)22)20-7-9(21)6-19(3,4)17(20)16(14(11)23)26-18(20)25/h5,8-9,14,16-17,21-24H,6-7H2,1-4H3/t9-,14+,16+,17-,20-/m0/s1. The van der Waals surface area contributed by atoms with Gasteiger partial charge in [0.1, 0.15) is 17.6 Å². The van der Waals surface area contributed by atoms with E-state index in [1.165, 1.54) is 0 Å². The van der Waals surface area contributed by atoms with Gasteiger partial charge >= 0.3 is 5.97 Å². The van der Waals surface area contributed by atoms with Gasteiger partial charge in [-0.3, -0.25) is 4.79 Å². The van der Waals surface area contributed by atoms with Crippen LogP contribution in [0.2, 0.25) is 0 Å². The number of benzene rings is 1. The lowest BCUT2D eigenvalue weighted by molar-refractivity contribution is -0.148. The number of hydrogen-bond acceptors (Lipinski definition) is 6. The topological polar surface area (TPSA) is 107 Å². The van der Waals surface area contributed by atoms with Crippen molar-refractivity contribution >= 4 is 5.97 Å². The van der Waals surface area contributed by atoms with Gasteiger partial charge in [-0.2, -0.15) is 0 Å². The number of aliphatic hydroxyl groups is 2. The normalized spacial score (nSPS) is 37.3. The number of aliphatic hydroxyl groups excluding tert-OH is 2. The number of ether oxygens (including phenoxy) is 1. The summed E-state index contributed by atoms with van der Waals surface area (Å²) in [5, 5.41) is 42.9. The van der Waals surface area contributed by atoms with Crippen LogP contribution in [0.5, 0.6) is 11.5 Å². The van der Waals surface area contributed by atoms with Crippen molar-refractivity contribution in [3.8, 4) is 11.5 Å². The molecule has 1 saturated carbocycles. The Labute approximate surface area is 152 Å². The zero-order valence-corrected chi connectivity index (χ0v) is 15.5. The number of hydrogen-bond donors (Lipinski definition) is 4. The highest BCUT2D eigenvalue weighted by atomic mass is 16.6. The summed E-state index contributed by atoms with van der Waals surface area (Å²) in [5.41, 5.74) is -0.579. The molecule has 2 aliphatic carbocycles. The highest BCUT2D eigenvalue weighted by Crippen LogP contribution is 2.66. The van der Waals surface area contributed by atoms with E-state index in [0.717, 1.165) is 0 Å². The predicted molar refractivity (Wildman–Crippen MR) is 92.9 cm³/mol. The van der Waals surface area contributed by atoms with Crippen LogP contribution < -0.4 is 0 Å². The van der Waals surface area contributed by atoms with E-state index in [9.17, 15) is 25.2 Å². The van der Waals surface area contributed by atoms with Gasteiger partial charge in [-0.25, -0.2) is 0 Å². The van der Waals surface area contributed by atoms with Gasteiger partial charge in [0.25, 0.3) is 0 Å². The van der Waals surface area contributed by atoms with Gasteiger partial charge in [0.2, 0.25) is 0 Å². The molecule has 3 aliphatic rings. The van der Waals surface area contributed by atoms with Crippen molar-refractivity contribution in [2.75, 3.05) is 0 Å². The summed E-state index contributed by atoms with van der Waals surface area (Å²) in [5.74, 6) is -1.64. The molecule has 0 unspecified atom stereocenters. The third-order valence-corrected chi connectivity index (χ3v) is 6.66. The first kappa shape index (κ1) is 17.6. The Hall–Kier alpha value is -1.79. The largest absolute Gasteiger partial charge is 0.504 e. The van der Waals surface area contributed by atoms with Crippen molar-refractivity contribution < 1.29 is 30.0 Å². The lowest BCUT2D eigenvalue weighted by Gasteiger charge is -2.52. The molecule has 142 valence electrons. The summed E-state index contributed by atoms with van der Waals surface area (Å²) in [6.07, 6.45) is -1.94. The Kier molecular flexibility index (Phi) is 3.48. The van der Waals surface area contributed by atoms with E-state index in [4.69, 9.17) is 4.74 Å². The Morgan fingerprint density at radius 3 is 2.42 bits per heavy atom. The van der Waals surface area contributed by atoms with E-state index in [2.05, 4.69) is 0 Å². The van der Waals surface area contributed by atoms with Gasteiger partial charge in [-0.05, 0) is 35.8 Å². The number of phenolic OH excluding ortho intramolecular Hbond substituents is 2. The van der Waals surface area contributed by atoms with E-state index >= 15 is 0 Å². The zero-order valence-electron chi connectivity index (χ0n) is 15.5. The third kappa shape index (κ3) is 1.92. The fourth-order valence-corrected chi connectivity index (χ4v) is 5.83. The predicted octanol–water partition coefficient (Wildman–Crippen LogP) is 2.23. The molecule has 6 nitrogen and oxygen atoms in total. The molecule has 0 radical (unpaired) electrons. The van der Waals surface area contributed by atoms with Crippen molar-refractivity contribution in [3.63, 3.8) is 0 Å². The van der Waals surface area contributed by atoms with Gasteiger partial charge in [0.05, 0.1) is 6.10 Å². The molecule has 4 N–H and O–H groups in total. The van der Waals surface area contributed by atoms with Gasteiger partial charge in [0.15, 0.2) is 11.5 Å². The summed E-state index contributed by atoms with van der Waals surface area (Å²) in [6.45, 7) is 7.64. The Morgan fingerprint density at radius 2 is 1.81 bits per heavy atom. The number of fused-ring (bicyclic) bond motifs is 1. The van der Waals surface area contributed by atoms with E-state index in [0.29, 0.717) is 17.5 Å². The van der Waals surface area contributed by atoms with Crippen molar-refractivity contribution in [2.24, 2.45) is 11.3 Å². The van der Waals surface area contributed by atoms with E-state index in [-0.39, 0.29) is 35.3 Å². The number of rotatable bonds is 1. The number of phenols is 2. The number of carbonyl (C=O) groups excluding carboxylic acids is 1. The summed E-state index contributed by atoms with van der Waals surface area (Å²) < 4.78 is 5.60. The highest BCUT2D eigenvalue weighted by molar-refractivity contribution is 5.90. The van der Waals surface area contributed by atoms with Crippen LogP contribution in [0.25, 0.3) is 0 Å². The minimum Gasteiger partial charge on any atom is -0.504 e. The minimum atomic E-state index is -1.25. The van der Waals surface area contributed by atoms with Crippen LogP contribution in [-0.4, -0.2) is 38.6 Å². The molecule has 1 aromatic rings. The Bertz CT molecular complexity index is 798. The van der Waals surface area contributed by atoms with Crippen LogP contribution in [0.15, 0.2) is 6.07 Å². The van der Waals surface area contributed by atoms with Crippen LogP contribution >= 0.6 is 0 Å². The molecule has 5 atom stereocenters. The van der Waals surface area contributed by atoms with Gasteiger partial charge in [-0.15, -0.1) is 0 Å². The molecule has 1 aliphatic heterocycles. The molecule has 1 heterocycles. The second kappa shape index (κ2) is 5.14. The Balaban J connectivity index is 2.07. The summed E-state index contributed by atoms with van der Waals surface area (Å²) >= 11 is 0. The molecule has 4 rings (SSSR count). The average Bonchev–Trinajstić information content (AvgIpc) is 2.77. The lowest BCUT2D eigenvalue weighted by Crippen LogP contribution is -2.57. The summed E-state index contributed by atoms with van der Waals surface area (Å²) in [7, 11) is 0. The molecular weight excluding hydrogens is 336 g/mol. The molecule has 0 spiro atoms. The van der Waals surface area contributed by atoms with Gasteiger partial charge < -0.3 is 25.2 Å². The molecule has 0 aromatic heterocycles. The Morgan fingerprint density at radius 1 is 1.15 bits per heavy atom. The quantitative estimate of drug-likeness (QED) is 0.451. The fourth-order valence-electron chi connectivity index (χ4n) is 5.83. The first-order valence-corrected chi connectivity index (χ1v) is 9.18. The van der Waals surface area contributed by atoms with Gasteiger partial charge in [0, 0.05) is 17.0 Å². The van der Waals surface area contributed by atoms with Crippen LogP contribution in [-0.2, 0) is 14.9 Å². The minimum absolute atomic E-state index is 0.0729. The van der Waals surface area contributed by atoms with Crippen LogP contribution in [0, 0.1) is 11.3 Å². The molecule has 1 saturated heterocycles.